The van der Waals surface area contributed by atoms with E-state index in [1.165, 1.54) is 6.42 Å². The summed E-state index contributed by atoms with van der Waals surface area (Å²) >= 11 is 4.11. The van der Waals surface area contributed by atoms with Gasteiger partial charge in [0.2, 0.25) is 0 Å². The maximum absolute atomic E-state index is 13.0. The Labute approximate surface area is 199 Å². The quantitative estimate of drug-likeness (QED) is 0.198. The second-order valence-corrected chi connectivity index (χ2v) is 9.25. The second kappa shape index (κ2) is 10.0. The van der Waals surface area contributed by atoms with Crippen LogP contribution < -0.4 is 0 Å². The van der Waals surface area contributed by atoms with E-state index in [9.17, 15) is 87.8 Å². The number of hydrogen-bond donors (Lipinski definition) is 2. The van der Waals surface area contributed by atoms with E-state index in [4.69, 9.17) is 4.55 Å². The minimum atomic E-state index is -8.89. The lowest BCUT2D eigenvalue weighted by Gasteiger charge is -2.42. The van der Waals surface area contributed by atoms with Crippen molar-refractivity contribution >= 4 is 28.5 Å². The minimum Gasteiger partial charge on any atom is -0.298 e. The Kier molecular flexibility index (Phi) is 9.70. The smallest absolute Gasteiger partial charge is 0.298 e. The summed E-state index contributed by atoms with van der Waals surface area (Å²) in [7, 11) is -7.89. The van der Waals surface area contributed by atoms with Crippen molar-refractivity contribution in [1.82, 2.24) is 0 Å². The molecule has 222 valence electrons. The first kappa shape index (κ1) is 35.7. The number of carbonyl (C=O) groups is 1. The highest BCUT2D eigenvalue weighted by Crippen LogP contribution is 2.64. The number of halogens is 17. The van der Waals surface area contributed by atoms with Gasteiger partial charge in [-0.2, -0.15) is 95.7 Å². The average Bonchev–Trinajstić information content (AvgIpc) is 2.68. The number of ketones is 1. The summed E-state index contributed by atoms with van der Waals surface area (Å²) in [5.74, 6) is -51.6. The number of rotatable bonds is 7. The van der Waals surface area contributed by atoms with Crippen molar-refractivity contribution in [3.63, 3.8) is 0 Å². The third-order valence-corrected chi connectivity index (χ3v) is 5.99. The maximum atomic E-state index is 13.0. The van der Waals surface area contributed by atoms with Gasteiger partial charge in [-0.3, -0.25) is 9.35 Å². The highest BCUT2D eigenvalue weighted by atomic mass is 32.2. The molecule has 0 aromatic heterocycles. The SMILES string of the molecule is O=C1CCCCC1S.O=S(=O)(O)C(F)(F)C(F)(F)C(F)(F)C(F)(F)C(F)(F)C(F)(F)C(F)(F)C(F)(F)F. The molecule has 0 radical (unpaired) electrons. The van der Waals surface area contributed by atoms with Gasteiger partial charge in [0, 0.05) is 6.42 Å². The van der Waals surface area contributed by atoms with Gasteiger partial charge in [-0.25, -0.2) is 0 Å². The van der Waals surface area contributed by atoms with Gasteiger partial charge >= 0.3 is 57.1 Å². The molecule has 1 aliphatic carbocycles. The van der Waals surface area contributed by atoms with Crippen LogP contribution in [0, 0.1) is 0 Å². The molecule has 1 N–H and O–H groups in total. The Morgan fingerprint density at radius 1 is 0.622 bits per heavy atom. The molecule has 4 nitrogen and oxygen atoms in total. The molecule has 0 aromatic carbocycles. The average molecular weight is 630 g/mol. The molecule has 0 aromatic rings. The molecule has 1 rings (SSSR count). The summed E-state index contributed by atoms with van der Waals surface area (Å²) in [5.41, 5.74) is 0. The number of thiol groups is 1. The molecule has 23 heteroatoms. The molecule has 0 saturated heterocycles. The third-order valence-electron chi connectivity index (χ3n) is 4.54. The highest BCUT2D eigenvalue weighted by Gasteiger charge is 2.96. The van der Waals surface area contributed by atoms with E-state index in [-0.39, 0.29) is 5.25 Å². The minimum absolute atomic E-state index is 0.0590. The standard InChI is InChI=1S/C8HF17O3S.C6H10OS/c9-1(10,3(13,14)5(17,18)7(21,22)23)2(11,12)4(15,16)6(19,20)8(24,25)29(26,27)28;7-5-3-1-2-4-6(5)8/h(H,26,27,28);6,8H,1-4H2. The third kappa shape index (κ3) is 5.57. The number of alkyl halides is 17. The van der Waals surface area contributed by atoms with Gasteiger partial charge < -0.3 is 0 Å². The van der Waals surface area contributed by atoms with Crippen LogP contribution in [-0.4, -0.2) is 71.0 Å². The van der Waals surface area contributed by atoms with Crippen LogP contribution in [0.4, 0.5) is 74.6 Å². The van der Waals surface area contributed by atoms with Gasteiger partial charge in [0.1, 0.15) is 5.78 Å². The van der Waals surface area contributed by atoms with Crippen molar-refractivity contribution in [2.75, 3.05) is 0 Å². The zero-order valence-corrected chi connectivity index (χ0v) is 18.6. The fourth-order valence-electron chi connectivity index (χ4n) is 2.28. The van der Waals surface area contributed by atoms with Gasteiger partial charge in [0.25, 0.3) is 0 Å². The molecule has 0 spiro atoms. The molecule has 1 saturated carbocycles. The Morgan fingerprint density at radius 2 is 0.946 bits per heavy atom. The van der Waals surface area contributed by atoms with E-state index in [1.54, 1.807) is 0 Å². The van der Waals surface area contributed by atoms with Crippen molar-refractivity contribution < 1.29 is 92.4 Å². The van der Waals surface area contributed by atoms with Crippen LogP contribution in [0.3, 0.4) is 0 Å². The molecule has 1 atom stereocenters. The molecule has 1 aliphatic rings. The normalized spacial score (nSPS) is 19.9. The zero-order valence-electron chi connectivity index (χ0n) is 16.9. The van der Waals surface area contributed by atoms with E-state index in [2.05, 4.69) is 12.6 Å². The van der Waals surface area contributed by atoms with Crippen LogP contribution in [0.2, 0.25) is 0 Å². The Balaban J connectivity index is 0.00000136. The molecule has 0 bridgehead atoms. The van der Waals surface area contributed by atoms with E-state index in [0.717, 1.165) is 19.3 Å². The van der Waals surface area contributed by atoms with Crippen molar-refractivity contribution in [1.29, 1.82) is 0 Å². The summed E-state index contributed by atoms with van der Waals surface area (Å²) in [4.78, 5) is 10.7. The first-order valence-corrected chi connectivity index (χ1v) is 10.7. The van der Waals surface area contributed by atoms with E-state index in [0.29, 0.717) is 5.78 Å². The fraction of sp³-hybridized carbons (Fsp3) is 0.929. The summed E-state index contributed by atoms with van der Waals surface area (Å²) < 4.78 is 242. The van der Waals surface area contributed by atoms with Gasteiger partial charge in [-0.15, -0.1) is 0 Å². The first-order valence-electron chi connectivity index (χ1n) is 8.70. The lowest BCUT2D eigenvalue weighted by molar-refractivity contribution is -0.458. The van der Waals surface area contributed by atoms with E-state index < -0.39 is 57.1 Å². The summed E-state index contributed by atoms with van der Waals surface area (Å²) in [6.45, 7) is 0. The lowest BCUT2D eigenvalue weighted by Crippen LogP contribution is -2.74. The predicted molar refractivity (Wildman–Crippen MR) is 88.5 cm³/mol. The van der Waals surface area contributed by atoms with Crippen molar-refractivity contribution in [2.45, 2.75) is 77.9 Å². The first-order chi connectivity index (χ1) is 15.8. The number of carbonyl (C=O) groups excluding carboxylic acids is 1. The molecule has 0 aliphatic heterocycles. The van der Waals surface area contributed by atoms with Crippen LogP contribution in [0.15, 0.2) is 0 Å². The van der Waals surface area contributed by atoms with Gasteiger partial charge in [-0.1, -0.05) is 6.42 Å². The van der Waals surface area contributed by atoms with Crippen LogP contribution >= 0.6 is 12.6 Å². The number of Topliss-reactive ketones (excluding diaryl/α,β-unsaturated/α-hetero) is 1. The van der Waals surface area contributed by atoms with E-state index in [1.807, 2.05) is 0 Å². The van der Waals surface area contributed by atoms with E-state index >= 15 is 0 Å². The van der Waals surface area contributed by atoms with Gasteiger partial charge in [0.15, 0.2) is 0 Å². The Hall–Kier alpha value is -1.26. The zero-order chi connectivity index (χ0) is 30.5. The molecule has 0 heterocycles. The summed E-state index contributed by atoms with van der Waals surface area (Å²) in [6, 6.07) is 0. The highest BCUT2D eigenvalue weighted by molar-refractivity contribution is 7.87. The fourth-order valence-corrected chi connectivity index (χ4v) is 3.04. The molecule has 1 unspecified atom stereocenters. The summed E-state index contributed by atoms with van der Waals surface area (Å²) in [5, 5.41) is -7.78. The Bertz CT molecular complexity index is 942. The molecule has 37 heavy (non-hydrogen) atoms. The number of hydrogen-bond acceptors (Lipinski definition) is 4. The molecule has 0 amide bonds. The molecule has 1 fully saturated rings. The molecular formula is C14H11F17O4S2. The van der Waals surface area contributed by atoms with Crippen LogP contribution in [0.25, 0.3) is 0 Å². The van der Waals surface area contributed by atoms with Gasteiger partial charge in [-0.05, 0) is 12.8 Å². The topological polar surface area (TPSA) is 71.4 Å². The Morgan fingerprint density at radius 3 is 1.19 bits per heavy atom. The largest absolute Gasteiger partial charge is 0.460 e. The molecular weight excluding hydrogens is 619 g/mol. The van der Waals surface area contributed by atoms with Crippen LogP contribution in [0.5, 0.6) is 0 Å². The predicted octanol–water partition coefficient (Wildman–Crippen LogP) is 6.27. The van der Waals surface area contributed by atoms with Gasteiger partial charge in [0.05, 0.1) is 5.25 Å². The van der Waals surface area contributed by atoms with Crippen molar-refractivity contribution in [2.24, 2.45) is 0 Å². The van der Waals surface area contributed by atoms with Crippen molar-refractivity contribution in [3.8, 4) is 0 Å². The maximum Gasteiger partial charge on any atom is 0.460 e. The monoisotopic (exact) mass is 630 g/mol. The second-order valence-electron chi connectivity index (χ2n) is 7.16. The van der Waals surface area contributed by atoms with Crippen molar-refractivity contribution in [3.05, 3.63) is 0 Å². The summed E-state index contributed by atoms with van der Waals surface area (Å²) in [6.07, 6.45) is -3.88. The van der Waals surface area contributed by atoms with Crippen LogP contribution in [0.1, 0.15) is 25.7 Å². The van der Waals surface area contributed by atoms with Crippen LogP contribution in [-0.2, 0) is 14.9 Å². The lowest BCUT2D eigenvalue weighted by atomic mass is 9.91.